The predicted octanol–water partition coefficient (Wildman–Crippen LogP) is 0.0266. The fraction of sp³-hybridized carbons (Fsp3) is 0.933. The highest BCUT2D eigenvalue weighted by molar-refractivity contribution is 14.1. The van der Waals surface area contributed by atoms with Crippen molar-refractivity contribution in [2.45, 2.75) is 32.1 Å². The molecule has 124 valence electrons. The van der Waals surface area contributed by atoms with Crippen molar-refractivity contribution < 1.29 is 33.2 Å². The summed E-state index contributed by atoms with van der Waals surface area (Å²) in [6, 6.07) is 2.84. The number of morpholine rings is 1. The first-order valence-electron chi connectivity index (χ1n) is 7.82. The number of rotatable bonds is 10. The van der Waals surface area contributed by atoms with Gasteiger partial charge in [-0.2, -0.15) is 0 Å². The summed E-state index contributed by atoms with van der Waals surface area (Å²) >= 11 is 2.43. The topological polar surface area (TPSA) is 34.0 Å². The van der Waals surface area contributed by atoms with Crippen LogP contribution in [0.15, 0.2) is 9.98 Å². The monoisotopic (exact) mass is 521 g/mol. The molecule has 1 fully saturated rings. The minimum Gasteiger partial charge on any atom is -1.00 e. The van der Waals surface area contributed by atoms with E-state index in [-0.39, 0.29) is 24.0 Å². The molecular weight excluding hydrogens is 492 g/mol. The van der Waals surface area contributed by atoms with Crippen molar-refractivity contribution in [1.29, 1.82) is 0 Å². The molecule has 1 saturated heterocycles. The van der Waals surface area contributed by atoms with Crippen molar-refractivity contribution in [3.63, 3.8) is 0 Å². The fourth-order valence-corrected chi connectivity index (χ4v) is 2.87. The van der Waals surface area contributed by atoms with Gasteiger partial charge in [0.2, 0.25) is 0 Å². The standard InChI is InChI=1S/C15H29IN3O.HI/c1-19(11-13-20-14-12-19)10-6-9-18-15-17-8-5-3-2-4-7-16;/h2-14H2,1H3;1H/q+1;/p-1. The van der Waals surface area contributed by atoms with Crippen LogP contribution < -0.4 is 24.0 Å². The van der Waals surface area contributed by atoms with Crippen LogP contribution in [0.25, 0.3) is 0 Å². The second-order valence-electron chi connectivity index (χ2n) is 5.72. The van der Waals surface area contributed by atoms with E-state index in [2.05, 4.69) is 45.6 Å². The summed E-state index contributed by atoms with van der Waals surface area (Å²) in [5.41, 5.74) is 0. The van der Waals surface area contributed by atoms with Crippen molar-refractivity contribution in [2.75, 3.05) is 57.4 Å². The quantitative estimate of drug-likeness (QED) is 0.131. The lowest BCUT2D eigenvalue weighted by atomic mass is 10.2. The third-order valence-corrected chi connectivity index (χ3v) is 4.58. The molecule has 1 heterocycles. The number of hydrogen-bond acceptors (Lipinski definition) is 3. The Hall–Kier alpha value is 0.760. The first-order valence-corrected chi connectivity index (χ1v) is 9.35. The highest BCUT2D eigenvalue weighted by Crippen LogP contribution is 2.08. The van der Waals surface area contributed by atoms with Crippen molar-refractivity contribution in [3.05, 3.63) is 0 Å². The van der Waals surface area contributed by atoms with Crippen molar-refractivity contribution in [2.24, 2.45) is 9.98 Å². The average molecular weight is 521 g/mol. The highest BCUT2D eigenvalue weighted by atomic mass is 127. The molecule has 0 aliphatic carbocycles. The van der Waals surface area contributed by atoms with E-state index in [1.807, 2.05) is 0 Å². The number of alkyl halides is 1. The number of ether oxygens (including phenoxy) is 1. The van der Waals surface area contributed by atoms with Crippen LogP contribution >= 0.6 is 22.6 Å². The predicted molar refractivity (Wildman–Crippen MR) is 93.2 cm³/mol. The summed E-state index contributed by atoms with van der Waals surface area (Å²) in [7, 11) is 2.32. The lowest BCUT2D eigenvalue weighted by Crippen LogP contribution is -3.00. The van der Waals surface area contributed by atoms with Crippen molar-refractivity contribution in [3.8, 4) is 0 Å². The first kappa shape index (κ1) is 21.8. The third kappa shape index (κ3) is 11.9. The van der Waals surface area contributed by atoms with Crippen LogP contribution in [0, 0.1) is 0 Å². The molecule has 0 N–H and O–H groups in total. The van der Waals surface area contributed by atoms with Gasteiger partial charge >= 0.3 is 0 Å². The Morgan fingerprint density at radius 1 is 1.00 bits per heavy atom. The van der Waals surface area contributed by atoms with Gasteiger partial charge in [0.05, 0.1) is 39.4 Å². The maximum absolute atomic E-state index is 5.40. The highest BCUT2D eigenvalue weighted by Gasteiger charge is 2.23. The molecule has 6 heteroatoms. The van der Waals surface area contributed by atoms with Crippen LogP contribution in [0.3, 0.4) is 0 Å². The molecule has 0 atom stereocenters. The van der Waals surface area contributed by atoms with E-state index in [1.165, 1.54) is 36.7 Å². The van der Waals surface area contributed by atoms with E-state index in [0.717, 1.165) is 50.3 Å². The first-order chi connectivity index (χ1) is 9.77. The Bertz CT molecular complexity index is 301. The minimum atomic E-state index is 0. The number of halogens is 2. The maximum Gasteiger partial charge on any atom is 0.102 e. The molecule has 0 unspecified atom stereocenters. The van der Waals surface area contributed by atoms with Gasteiger partial charge in [-0.25, -0.2) is 9.98 Å². The number of hydrogen-bond donors (Lipinski definition) is 0. The molecule has 1 rings (SSSR count). The average Bonchev–Trinajstić information content (AvgIpc) is 2.45. The van der Waals surface area contributed by atoms with Gasteiger partial charge < -0.3 is 33.2 Å². The van der Waals surface area contributed by atoms with Crippen LogP contribution in [0.1, 0.15) is 32.1 Å². The lowest BCUT2D eigenvalue weighted by molar-refractivity contribution is -0.916. The summed E-state index contributed by atoms with van der Waals surface area (Å²) in [6.07, 6.45) is 6.24. The summed E-state index contributed by atoms with van der Waals surface area (Å²) in [5.74, 6) is 0. The zero-order valence-corrected chi connectivity index (χ0v) is 17.5. The van der Waals surface area contributed by atoms with Gasteiger partial charge in [0.25, 0.3) is 0 Å². The molecule has 0 aromatic carbocycles. The second kappa shape index (κ2) is 14.4. The number of nitrogens with zero attached hydrogens (tertiary/aromatic N) is 3. The lowest BCUT2D eigenvalue weighted by Gasteiger charge is -2.37. The Morgan fingerprint density at radius 3 is 2.29 bits per heavy atom. The van der Waals surface area contributed by atoms with Crippen LogP contribution in [-0.4, -0.2) is 67.9 Å². The van der Waals surface area contributed by atoms with Gasteiger partial charge in [-0.05, 0) is 17.3 Å². The van der Waals surface area contributed by atoms with E-state index in [9.17, 15) is 0 Å². The fourth-order valence-electron chi connectivity index (χ4n) is 2.33. The summed E-state index contributed by atoms with van der Waals surface area (Å²) < 4.78 is 7.80. The van der Waals surface area contributed by atoms with Crippen molar-refractivity contribution >= 4 is 28.6 Å². The van der Waals surface area contributed by atoms with Gasteiger partial charge in [-0.3, -0.25) is 0 Å². The number of unbranched alkanes of at least 4 members (excludes halogenated alkanes) is 3. The Morgan fingerprint density at radius 2 is 1.62 bits per heavy atom. The largest absolute Gasteiger partial charge is 1.00 e. The Balaban J connectivity index is 0.00000400. The SMILES string of the molecule is C[N+]1(CCCN=C=NCCCCCCI)CCOCC1.[I-]. The van der Waals surface area contributed by atoms with Crippen LogP contribution in [0.2, 0.25) is 0 Å². The molecule has 0 radical (unpaired) electrons. The third-order valence-electron chi connectivity index (χ3n) is 3.81. The van der Waals surface area contributed by atoms with Gasteiger partial charge in [-0.15, -0.1) is 0 Å². The number of likely N-dealkylation sites (N-methyl/N-ethyl adjacent to an activating group) is 1. The molecule has 4 nitrogen and oxygen atoms in total. The Kier molecular flexibility index (Phi) is 14.9. The van der Waals surface area contributed by atoms with E-state index in [4.69, 9.17) is 4.74 Å². The molecule has 0 aromatic rings. The molecule has 21 heavy (non-hydrogen) atoms. The van der Waals surface area contributed by atoms with Crippen LogP contribution in [-0.2, 0) is 4.74 Å². The van der Waals surface area contributed by atoms with Gasteiger partial charge in [-0.1, -0.05) is 35.4 Å². The smallest absolute Gasteiger partial charge is 0.102 e. The maximum atomic E-state index is 5.40. The Labute approximate surface area is 160 Å². The summed E-state index contributed by atoms with van der Waals surface area (Å²) in [4.78, 5) is 8.49. The van der Waals surface area contributed by atoms with Gasteiger partial charge in [0.15, 0.2) is 0 Å². The molecule has 0 saturated carbocycles. The summed E-state index contributed by atoms with van der Waals surface area (Å²) in [6.45, 7) is 7.00. The molecule has 0 aromatic heterocycles. The van der Waals surface area contributed by atoms with Crippen LogP contribution in [0.4, 0.5) is 0 Å². The minimum absolute atomic E-state index is 0. The molecule has 0 spiro atoms. The van der Waals surface area contributed by atoms with E-state index in [0.29, 0.717) is 0 Å². The molecule has 1 aliphatic rings. The van der Waals surface area contributed by atoms with E-state index < -0.39 is 0 Å². The molecule has 0 amide bonds. The van der Waals surface area contributed by atoms with E-state index in [1.54, 1.807) is 0 Å². The van der Waals surface area contributed by atoms with Crippen LogP contribution in [0.5, 0.6) is 0 Å². The van der Waals surface area contributed by atoms with E-state index >= 15 is 0 Å². The second-order valence-corrected chi connectivity index (χ2v) is 6.80. The zero-order chi connectivity index (χ0) is 14.5. The summed E-state index contributed by atoms with van der Waals surface area (Å²) in [5, 5.41) is 0. The van der Waals surface area contributed by atoms with Crippen molar-refractivity contribution in [1.82, 2.24) is 0 Å². The zero-order valence-electron chi connectivity index (χ0n) is 13.2. The normalized spacial score (nSPS) is 16.7. The molecule has 1 aliphatic heterocycles. The molecule has 0 bridgehead atoms. The molecular formula is C15H29I2N3O. The van der Waals surface area contributed by atoms with Gasteiger partial charge in [0.1, 0.15) is 13.1 Å². The number of aliphatic imine (C=N–C) groups is 2. The number of quaternary nitrogens is 1. The van der Waals surface area contributed by atoms with Gasteiger partial charge in [0, 0.05) is 13.0 Å².